The van der Waals surface area contributed by atoms with Gasteiger partial charge in [0.05, 0.1) is 7.11 Å². The van der Waals surface area contributed by atoms with Crippen molar-refractivity contribution in [2.45, 2.75) is 0 Å². The average molecular weight is 295 g/mol. The molecule has 0 atom stereocenters. The minimum Gasteiger partial charge on any atom is -0.497 e. The summed E-state index contributed by atoms with van der Waals surface area (Å²) in [6.07, 6.45) is 3.23. The summed E-state index contributed by atoms with van der Waals surface area (Å²) >= 11 is 0. The normalized spacial score (nSPS) is 10.5. The first-order chi connectivity index (χ1) is 10.6. The molecular weight excluding hydrogens is 278 g/mol. The highest BCUT2D eigenvalue weighted by Crippen LogP contribution is 2.13. The summed E-state index contributed by atoms with van der Waals surface area (Å²) in [5.41, 5.74) is 2.04. The van der Waals surface area contributed by atoms with Crippen LogP contribution in [-0.4, -0.2) is 25.8 Å². The van der Waals surface area contributed by atoms with E-state index in [1.807, 2.05) is 0 Å². The topological polar surface area (TPSA) is 55.4 Å². The molecule has 0 fully saturated rings. The number of hydrogen-bond donors (Lipinski definition) is 1. The van der Waals surface area contributed by atoms with Gasteiger partial charge < -0.3 is 10.1 Å². The fraction of sp³-hybridized carbons (Fsp3) is 0.111. The van der Waals surface area contributed by atoms with E-state index in [1.54, 1.807) is 68.8 Å². The van der Waals surface area contributed by atoms with Crippen molar-refractivity contribution in [1.82, 2.24) is 5.32 Å². The van der Waals surface area contributed by atoms with Gasteiger partial charge in [-0.15, -0.1) is 0 Å². The van der Waals surface area contributed by atoms with Crippen molar-refractivity contribution in [3.8, 4) is 5.75 Å². The molecule has 1 amide bonds. The van der Waals surface area contributed by atoms with Gasteiger partial charge in [-0.2, -0.15) is 0 Å². The lowest BCUT2D eigenvalue weighted by Crippen LogP contribution is -2.17. The molecule has 0 aromatic heterocycles. The van der Waals surface area contributed by atoms with Crippen molar-refractivity contribution in [1.29, 1.82) is 0 Å². The first-order valence-corrected chi connectivity index (χ1v) is 6.82. The molecule has 0 spiro atoms. The van der Waals surface area contributed by atoms with E-state index in [9.17, 15) is 9.59 Å². The number of nitrogens with one attached hydrogen (secondary N) is 1. The third-order valence-electron chi connectivity index (χ3n) is 3.20. The van der Waals surface area contributed by atoms with Crippen LogP contribution in [0.2, 0.25) is 0 Å². The zero-order valence-electron chi connectivity index (χ0n) is 12.5. The summed E-state index contributed by atoms with van der Waals surface area (Å²) in [6.45, 7) is 0. The summed E-state index contributed by atoms with van der Waals surface area (Å²) in [7, 11) is 3.17. The highest BCUT2D eigenvalue weighted by molar-refractivity contribution is 6.06. The molecule has 2 aromatic rings. The minimum atomic E-state index is -0.134. The molecule has 0 aliphatic rings. The Morgan fingerprint density at radius 3 is 2.09 bits per heavy atom. The van der Waals surface area contributed by atoms with E-state index in [4.69, 9.17) is 4.74 Å². The maximum atomic E-state index is 12.0. The van der Waals surface area contributed by atoms with Crippen molar-refractivity contribution in [3.63, 3.8) is 0 Å². The number of amides is 1. The van der Waals surface area contributed by atoms with Crippen LogP contribution in [0.4, 0.5) is 0 Å². The molecule has 4 heteroatoms. The zero-order valence-corrected chi connectivity index (χ0v) is 12.5. The van der Waals surface area contributed by atoms with E-state index < -0.39 is 0 Å². The van der Waals surface area contributed by atoms with Gasteiger partial charge in [0.15, 0.2) is 5.78 Å². The fourth-order valence-corrected chi connectivity index (χ4v) is 1.91. The molecule has 0 saturated heterocycles. The number of benzene rings is 2. The van der Waals surface area contributed by atoms with Gasteiger partial charge >= 0.3 is 0 Å². The van der Waals surface area contributed by atoms with Crippen LogP contribution < -0.4 is 10.1 Å². The number of methoxy groups -OCH3 is 1. The van der Waals surface area contributed by atoms with Gasteiger partial charge in [0, 0.05) is 18.2 Å². The monoisotopic (exact) mass is 295 g/mol. The molecule has 0 bridgehead atoms. The van der Waals surface area contributed by atoms with Crippen molar-refractivity contribution < 1.29 is 14.3 Å². The third-order valence-corrected chi connectivity index (χ3v) is 3.20. The molecule has 0 heterocycles. The third kappa shape index (κ3) is 3.82. The standard InChI is InChI=1S/C18H17NO3/c1-19-18(21)15-6-3-13(4-7-15)5-12-17(20)14-8-10-16(22-2)11-9-14/h3-12H,1-2H3,(H,19,21)/b12-5+. The fourth-order valence-electron chi connectivity index (χ4n) is 1.91. The first kappa shape index (κ1) is 15.5. The second kappa shape index (κ2) is 7.22. The lowest BCUT2D eigenvalue weighted by molar-refractivity contribution is 0.0962. The predicted molar refractivity (Wildman–Crippen MR) is 86.2 cm³/mol. The van der Waals surface area contributed by atoms with Gasteiger partial charge in [0.25, 0.3) is 5.91 Å². The number of carbonyl (C=O) groups is 2. The second-order valence-corrected chi connectivity index (χ2v) is 4.63. The van der Waals surface area contributed by atoms with Crippen LogP contribution in [0.25, 0.3) is 6.08 Å². The van der Waals surface area contributed by atoms with Crippen LogP contribution >= 0.6 is 0 Å². The highest BCUT2D eigenvalue weighted by Gasteiger charge is 2.03. The van der Waals surface area contributed by atoms with Crippen LogP contribution in [0.3, 0.4) is 0 Å². The molecule has 4 nitrogen and oxygen atoms in total. The van der Waals surface area contributed by atoms with Crippen molar-refractivity contribution in [2.24, 2.45) is 0 Å². The molecule has 0 aliphatic carbocycles. The Bertz CT molecular complexity index is 685. The van der Waals surface area contributed by atoms with Gasteiger partial charge in [-0.3, -0.25) is 9.59 Å². The SMILES string of the molecule is CNC(=O)c1ccc(/C=C/C(=O)c2ccc(OC)cc2)cc1. The molecule has 22 heavy (non-hydrogen) atoms. The maximum absolute atomic E-state index is 12.0. The first-order valence-electron chi connectivity index (χ1n) is 6.82. The predicted octanol–water partition coefficient (Wildman–Crippen LogP) is 2.95. The van der Waals surface area contributed by atoms with Gasteiger partial charge in [-0.1, -0.05) is 18.2 Å². The Morgan fingerprint density at radius 1 is 0.955 bits per heavy atom. The quantitative estimate of drug-likeness (QED) is 0.681. The average Bonchev–Trinajstić information content (AvgIpc) is 2.59. The van der Waals surface area contributed by atoms with E-state index in [2.05, 4.69) is 5.32 Å². The largest absolute Gasteiger partial charge is 0.497 e. The maximum Gasteiger partial charge on any atom is 0.251 e. The van der Waals surface area contributed by atoms with E-state index in [-0.39, 0.29) is 11.7 Å². The smallest absolute Gasteiger partial charge is 0.251 e. The summed E-state index contributed by atoms with van der Waals surface area (Å²) in [5.74, 6) is 0.494. The Labute approximate surface area is 129 Å². The molecule has 0 unspecified atom stereocenters. The van der Waals surface area contributed by atoms with Gasteiger partial charge in [-0.05, 0) is 48.0 Å². The van der Waals surface area contributed by atoms with Crippen LogP contribution in [0, 0.1) is 0 Å². The van der Waals surface area contributed by atoms with E-state index in [0.29, 0.717) is 16.9 Å². The number of ether oxygens (including phenoxy) is 1. The van der Waals surface area contributed by atoms with E-state index >= 15 is 0 Å². The molecule has 0 radical (unpaired) electrons. The highest BCUT2D eigenvalue weighted by atomic mass is 16.5. The molecule has 2 aromatic carbocycles. The van der Waals surface area contributed by atoms with Crippen LogP contribution in [0.15, 0.2) is 54.6 Å². The molecular formula is C18H17NO3. The summed E-state index contributed by atoms with van der Waals surface area (Å²) in [5, 5.41) is 2.56. The number of carbonyl (C=O) groups excluding carboxylic acids is 2. The lowest BCUT2D eigenvalue weighted by atomic mass is 10.1. The van der Waals surface area contributed by atoms with Crippen LogP contribution in [-0.2, 0) is 0 Å². The van der Waals surface area contributed by atoms with Crippen molar-refractivity contribution in [2.75, 3.05) is 14.2 Å². The Morgan fingerprint density at radius 2 is 1.55 bits per heavy atom. The number of ketones is 1. The summed E-state index contributed by atoms with van der Waals surface area (Å²) in [6, 6.07) is 14.0. The zero-order chi connectivity index (χ0) is 15.9. The molecule has 1 N–H and O–H groups in total. The minimum absolute atomic E-state index is 0.0852. The van der Waals surface area contributed by atoms with E-state index in [0.717, 1.165) is 5.56 Å². The number of allylic oxidation sites excluding steroid dienone is 1. The molecule has 2 rings (SSSR count). The molecule has 0 aliphatic heterocycles. The van der Waals surface area contributed by atoms with Gasteiger partial charge in [0.2, 0.25) is 0 Å². The van der Waals surface area contributed by atoms with Crippen LogP contribution in [0.5, 0.6) is 5.75 Å². The summed E-state index contributed by atoms with van der Waals surface area (Å²) in [4.78, 5) is 23.5. The lowest BCUT2D eigenvalue weighted by Gasteiger charge is -2.01. The van der Waals surface area contributed by atoms with Crippen molar-refractivity contribution in [3.05, 3.63) is 71.3 Å². The Kier molecular flexibility index (Phi) is 5.09. The second-order valence-electron chi connectivity index (χ2n) is 4.63. The van der Waals surface area contributed by atoms with Crippen molar-refractivity contribution >= 4 is 17.8 Å². The molecule has 0 saturated carbocycles. The van der Waals surface area contributed by atoms with E-state index in [1.165, 1.54) is 6.08 Å². The van der Waals surface area contributed by atoms with Crippen LogP contribution in [0.1, 0.15) is 26.3 Å². The number of hydrogen-bond acceptors (Lipinski definition) is 3. The Balaban J connectivity index is 2.07. The summed E-state index contributed by atoms with van der Waals surface area (Å²) < 4.78 is 5.06. The van der Waals surface area contributed by atoms with Gasteiger partial charge in [0.1, 0.15) is 5.75 Å². The van der Waals surface area contributed by atoms with Gasteiger partial charge in [-0.25, -0.2) is 0 Å². The Hall–Kier alpha value is -2.88. The molecule has 112 valence electrons. The number of rotatable bonds is 5.